The lowest BCUT2D eigenvalue weighted by Crippen LogP contribution is -2.52. The first-order chi connectivity index (χ1) is 6.21. The van der Waals surface area contributed by atoms with Gasteiger partial charge in [-0.05, 0) is 44.8 Å². The smallest absolute Gasteiger partial charge is 0.0647 e. The summed E-state index contributed by atoms with van der Waals surface area (Å²) in [7, 11) is 0. The molecule has 0 spiro atoms. The molecule has 1 saturated heterocycles. The fourth-order valence-corrected chi connectivity index (χ4v) is 4.41. The van der Waals surface area contributed by atoms with Crippen LogP contribution in [0.15, 0.2) is 0 Å². The van der Waals surface area contributed by atoms with Crippen LogP contribution in [0.1, 0.15) is 46.0 Å². The quantitative estimate of drug-likeness (QED) is 0.697. The van der Waals surface area contributed by atoms with Gasteiger partial charge in [-0.25, -0.2) is 0 Å². The molecule has 0 radical (unpaired) electrons. The highest BCUT2D eigenvalue weighted by Gasteiger charge is 2.39. The van der Waals surface area contributed by atoms with E-state index in [2.05, 4.69) is 30.9 Å². The van der Waals surface area contributed by atoms with Crippen molar-refractivity contribution in [1.82, 2.24) is 5.32 Å². The Balaban J connectivity index is 2.00. The van der Waals surface area contributed by atoms with E-state index in [9.17, 15) is 0 Å². The monoisotopic (exact) mass is 199 g/mol. The highest BCUT2D eigenvalue weighted by Crippen LogP contribution is 2.43. The maximum atomic E-state index is 3.80. The fraction of sp³-hybridized carbons (Fsp3) is 1.00. The minimum atomic E-state index is 0.397. The summed E-state index contributed by atoms with van der Waals surface area (Å²) in [5, 5.41) is 3.80. The lowest BCUT2D eigenvalue weighted by Gasteiger charge is -2.42. The molecule has 1 aliphatic heterocycles. The molecule has 0 aromatic rings. The lowest BCUT2D eigenvalue weighted by atomic mass is 9.97. The van der Waals surface area contributed by atoms with Gasteiger partial charge in [-0.1, -0.05) is 12.8 Å². The van der Waals surface area contributed by atoms with E-state index in [0.29, 0.717) is 4.87 Å². The van der Waals surface area contributed by atoms with Crippen molar-refractivity contribution in [1.29, 1.82) is 0 Å². The van der Waals surface area contributed by atoms with Crippen LogP contribution in [0.3, 0.4) is 0 Å². The van der Waals surface area contributed by atoms with Crippen molar-refractivity contribution < 1.29 is 0 Å². The van der Waals surface area contributed by atoms with Crippen molar-refractivity contribution in [2.75, 3.05) is 5.75 Å². The van der Waals surface area contributed by atoms with Gasteiger partial charge in [0.2, 0.25) is 0 Å². The van der Waals surface area contributed by atoms with Crippen molar-refractivity contribution in [2.24, 2.45) is 5.92 Å². The fourth-order valence-electron chi connectivity index (χ4n) is 2.76. The molecule has 1 N–H and O–H groups in total. The molecule has 0 bridgehead atoms. The number of thioether (sulfide) groups is 1. The summed E-state index contributed by atoms with van der Waals surface area (Å²) in [5.41, 5.74) is 0. The number of rotatable bonds is 1. The van der Waals surface area contributed by atoms with Crippen LogP contribution in [-0.2, 0) is 0 Å². The van der Waals surface area contributed by atoms with E-state index in [1.165, 1.54) is 37.9 Å². The first kappa shape index (κ1) is 9.85. The molecular formula is C11H21NS. The number of hydrogen-bond donors (Lipinski definition) is 1. The molecule has 2 fully saturated rings. The second kappa shape index (κ2) is 3.82. The minimum absolute atomic E-state index is 0.397. The second-order valence-electron chi connectivity index (χ2n) is 4.77. The molecule has 0 amide bonds. The van der Waals surface area contributed by atoms with Crippen LogP contribution in [0.4, 0.5) is 0 Å². The van der Waals surface area contributed by atoms with Gasteiger partial charge in [-0.15, -0.1) is 11.8 Å². The van der Waals surface area contributed by atoms with Crippen LogP contribution in [0.25, 0.3) is 0 Å². The van der Waals surface area contributed by atoms with Crippen LogP contribution in [-0.4, -0.2) is 16.7 Å². The Kier molecular flexibility index (Phi) is 2.89. The van der Waals surface area contributed by atoms with E-state index in [-0.39, 0.29) is 0 Å². The van der Waals surface area contributed by atoms with Crippen molar-refractivity contribution in [3.8, 4) is 0 Å². The summed E-state index contributed by atoms with van der Waals surface area (Å²) < 4.78 is 0. The van der Waals surface area contributed by atoms with Crippen LogP contribution < -0.4 is 5.32 Å². The molecule has 0 aromatic heterocycles. The maximum Gasteiger partial charge on any atom is 0.0647 e. The average Bonchev–Trinajstić information content (AvgIpc) is 2.55. The van der Waals surface area contributed by atoms with Crippen molar-refractivity contribution in [3.63, 3.8) is 0 Å². The first-order valence-corrected chi connectivity index (χ1v) is 6.61. The Morgan fingerprint density at radius 2 is 1.92 bits per heavy atom. The molecular weight excluding hydrogens is 178 g/mol. The van der Waals surface area contributed by atoms with E-state index in [0.717, 1.165) is 12.0 Å². The summed E-state index contributed by atoms with van der Waals surface area (Å²) in [6.07, 6.45) is 7.15. The van der Waals surface area contributed by atoms with Gasteiger partial charge in [0, 0.05) is 6.04 Å². The van der Waals surface area contributed by atoms with Gasteiger partial charge in [0.1, 0.15) is 0 Å². The molecule has 1 aliphatic carbocycles. The molecule has 2 aliphatic rings. The number of nitrogens with one attached hydrogen (secondary N) is 1. The third kappa shape index (κ3) is 2.04. The van der Waals surface area contributed by atoms with Gasteiger partial charge in [0.25, 0.3) is 0 Å². The van der Waals surface area contributed by atoms with Crippen LogP contribution in [0.2, 0.25) is 0 Å². The zero-order valence-electron chi connectivity index (χ0n) is 8.81. The zero-order chi connectivity index (χ0) is 9.31. The van der Waals surface area contributed by atoms with E-state index in [1.54, 1.807) is 0 Å². The molecule has 1 nitrogen and oxygen atoms in total. The molecule has 2 atom stereocenters. The minimum Gasteiger partial charge on any atom is -0.300 e. The maximum absolute atomic E-state index is 3.80. The standard InChI is InChI=1S/C11H21NS/c1-9-7-8-13-11(2,12-9)10-5-3-4-6-10/h9-10,12H,3-8H2,1-2H3. The van der Waals surface area contributed by atoms with Crippen LogP contribution >= 0.6 is 11.8 Å². The van der Waals surface area contributed by atoms with E-state index >= 15 is 0 Å². The summed E-state index contributed by atoms with van der Waals surface area (Å²) >= 11 is 2.16. The second-order valence-corrected chi connectivity index (χ2v) is 6.32. The molecule has 13 heavy (non-hydrogen) atoms. The molecule has 2 rings (SSSR count). The topological polar surface area (TPSA) is 12.0 Å². The van der Waals surface area contributed by atoms with E-state index in [4.69, 9.17) is 0 Å². The molecule has 2 heteroatoms. The zero-order valence-corrected chi connectivity index (χ0v) is 9.62. The van der Waals surface area contributed by atoms with Gasteiger partial charge in [-0.2, -0.15) is 0 Å². The summed E-state index contributed by atoms with van der Waals surface area (Å²) in [4.78, 5) is 0.397. The summed E-state index contributed by atoms with van der Waals surface area (Å²) in [5.74, 6) is 2.28. The Labute approximate surface area is 86.0 Å². The third-order valence-electron chi connectivity index (χ3n) is 3.62. The van der Waals surface area contributed by atoms with Gasteiger partial charge in [0.05, 0.1) is 4.87 Å². The van der Waals surface area contributed by atoms with Crippen molar-refractivity contribution in [2.45, 2.75) is 56.9 Å². The Bertz CT molecular complexity index is 177. The van der Waals surface area contributed by atoms with Gasteiger partial charge in [-0.3, -0.25) is 0 Å². The average molecular weight is 199 g/mol. The van der Waals surface area contributed by atoms with E-state index < -0.39 is 0 Å². The van der Waals surface area contributed by atoms with Crippen LogP contribution in [0.5, 0.6) is 0 Å². The lowest BCUT2D eigenvalue weighted by molar-refractivity contribution is 0.301. The summed E-state index contributed by atoms with van der Waals surface area (Å²) in [6, 6.07) is 0.729. The molecule has 0 aromatic carbocycles. The highest BCUT2D eigenvalue weighted by atomic mass is 32.2. The molecule has 1 heterocycles. The molecule has 2 unspecified atom stereocenters. The SMILES string of the molecule is CC1CCSC(C)(C2CCCC2)N1. The van der Waals surface area contributed by atoms with Gasteiger partial charge in [0.15, 0.2) is 0 Å². The predicted molar refractivity (Wildman–Crippen MR) is 60.0 cm³/mol. The molecule has 1 saturated carbocycles. The largest absolute Gasteiger partial charge is 0.300 e. The Morgan fingerprint density at radius 3 is 2.54 bits per heavy atom. The number of hydrogen-bond acceptors (Lipinski definition) is 2. The Hall–Kier alpha value is 0.310. The first-order valence-electron chi connectivity index (χ1n) is 5.62. The normalized spacial score (nSPS) is 42.5. The third-order valence-corrected chi connectivity index (χ3v) is 5.11. The van der Waals surface area contributed by atoms with Crippen molar-refractivity contribution >= 4 is 11.8 Å². The predicted octanol–water partition coefficient (Wildman–Crippen LogP) is 3.01. The van der Waals surface area contributed by atoms with Gasteiger partial charge < -0.3 is 5.32 Å². The van der Waals surface area contributed by atoms with Gasteiger partial charge >= 0.3 is 0 Å². The van der Waals surface area contributed by atoms with Crippen LogP contribution in [0, 0.1) is 5.92 Å². The molecule has 76 valence electrons. The summed E-state index contributed by atoms with van der Waals surface area (Å²) in [6.45, 7) is 4.75. The Morgan fingerprint density at radius 1 is 1.23 bits per heavy atom. The van der Waals surface area contributed by atoms with E-state index in [1.807, 2.05) is 0 Å². The van der Waals surface area contributed by atoms with Crippen molar-refractivity contribution in [3.05, 3.63) is 0 Å². The highest BCUT2D eigenvalue weighted by molar-refractivity contribution is 8.00.